The van der Waals surface area contributed by atoms with Crippen LogP contribution in [0.15, 0.2) is 18.2 Å². The highest BCUT2D eigenvalue weighted by Crippen LogP contribution is 2.19. The van der Waals surface area contributed by atoms with Crippen molar-refractivity contribution in [2.24, 2.45) is 0 Å². The lowest BCUT2D eigenvalue weighted by Crippen LogP contribution is -2.35. The third-order valence-corrected chi connectivity index (χ3v) is 3.72. The minimum atomic E-state index is -0.548. The molecule has 1 saturated heterocycles. The molecule has 1 amide bonds. The van der Waals surface area contributed by atoms with Crippen molar-refractivity contribution in [2.75, 3.05) is 17.2 Å². The second-order valence-electron chi connectivity index (χ2n) is 3.74. The van der Waals surface area contributed by atoms with Crippen molar-refractivity contribution in [3.63, 3.8) is 0 Å². The maximum atomic E-state index is 13.1. The Morgan fingerprint density at radius 2 is 2.38 bits per heavy atom. The van der Waals surface area contributed by atoms with Gasteiger partial charge in [0.1, 0.15) is 5.82 Å². The van der Waals surface area contributed by atoms with Gasteiger partial charge in [-0.05, 0) is 24.3 Å². The van der Waals surface area contributed by atoms with Gasteiger partial charge in [-0.3, -0.25) is 4.79 Å². The summed E-state index contributed by atoms with van der Waals surface area (Å²) in [6.07, 6.45) is 0.964. The molecule has 86 valence electrons. The van der Waals surface area contributed by atoms with Crippen LogP contribution < -0.4 is 11.1 Å². The highest BCUT2D eigenvalue weighted by atomic mass is 32.2. The Kier molecular flexibility index (Phi) is 3.33. The quantitative estimate of drug-likeness (QED) is 0.773. The van der Waals surface area contributed by atoms with Crippen LogP contribution >= 0.6 is 11.8 Å². The lowest BCUT2D eigenvalue weighted by Gasteiger charge is -2.12. The molecule has 1 aliphatic heterocycles. The third-order valence-electron chi connectivity index (χ3n) is 2.56. The summed E-state index contributed by atoms with van der Waals surface area (Å²) in [5.74, 6) is 1.14. The van der Waals surface area contributed by atoms with Gasteiger partial charge >= 0.3 is 0 Å². The van der Waals surface area contributed by atoms with Crippen LogP contribution in [0, 0.1) is 5.82 Å². The summed E-state index contributed by atoms with van der Waals surface area (Å²) in [5.41, 5.74) is 5.66. The van der Waals surface area contributed by atoms with Gasteiger partial charge in [-0.25, -0.2) is 4.39 Å². The van der Waals surface area contributed by atoms with Crippen LogP contribution in [0.3, 0.4) is 0 Å². The van der Waals surface area contributed by atoms with Crippen molar-refractivity contribution in [3.8, 4) is 0 Å². The molecule has 0 spiro atoms. The number of nitrogens with one attached hydrogen (secondary N) is 1. The number of amides is 1. The molecule has 3 nitrogen and oxygen atoms in total. The summed E-state index contributed by atoms with van der Waals surface area (Å²) in [7, 11) is 0. The van der Waals surface area contributed by atoms with Crippen molar-refractivity contribution in [1.82, 2.24) is 5.32 Å². The summed E-state index contributed by atoms with van der Waals surface area (Å²) in [6.45, 7) is 0. The van der Waals surface area contributed by atoms with Gasteiger partial charge < -0.3 is 11.1 Å². The first-order valence-electron chi connectivity index (χ1n) is 5.11. The smallest absolute Gasteiger partial charge is 0.253 e. The van der Waals surface area contributed by atoms with E-state index in [4.69, 9.17) is 5.73 Å². The van der Waals surface area contributed by atoms with E-state index in [0.29, 0.717) is 0 Å². The molecule has 2 rings (SSSR count). The van der Waals surface area contributed by atoms with Crippen molar-refractivity contribution < 1.29 is 9.18 Å². The average Bonchev–Trinajstić information content (AvgIpc) is 2.74. The van der Waals surface area contributed by atoms with E-state index < -0.39 is 5.82 Å². The number of hydrogen-bond acceptors (Lipinski definition) is 3. The normalized spacial score (nSPS) is 19.7. The number of nitrogens with two attached hydrogens (primary N) is 1. The number of anilines is 1. The zero-order valence-electron chi connectivity index (χ0n) is 8.70. The number of hydrogen-bond donors (Lipinski definition) is 2. The van der Waals surface area contributed by atoms with E-state index in [0.717, 1.165) is 17.9 Å². The molecule has 0 aliphatic carbocycles. The molecule has 16 heavy (non-hydrogen) atoms. The fraction of sp³-hybridized carbons (Fsp3) is 0.364. The van der Waals surface area contributed by atoms with E-state index in [1.54, 1.807) is 11.8 Å². The van der Waals surface area contributed by atoms with E-state index in [9.17, 15) is 9.18 Å². The SMILES string of the molecule is Nc1c(F)cccc1C(=O)NC1CCSC1. The van der Waals surface area contributed by atoms with Gasteiger partial charge in [0, 0.05) is 11.8 Å². The topological polar surface area (TPSA) is 55.1 Å². The summed E-state index contributed by atoms with van der Waals surface area (Å²) in [5, 5.41) is 2.86. The van der Waals surface area contributed by atoms with Crippen LogP contribution in [-0.4, -0.2) is 23.5 Å². The number of halogens is 1. The summed E-state index contributed by atoms with van der Waals surface area (Å²) < 4.78 is 13.1. The third kappa shape index (κ3) is 2.29. The van der Waals surface area contributed by atoms with Crippen molar-refractivity contribution in [3.05, 3.63) is 29.6 Å². The van der Waals surface area contributed by atoms with E-state index in [1.807, 2.05) is 0 Å². The molecule has 0 radical (unpaired) electrons. The van der Waals surface area contributed by atoms with E-state index in [-0.39, 0.29) is 23.2 Å². The molecule has 3 N–H and O–H groups in total. The minimum absolute atomic E-state index is 0.0781. The largest absolute Gasteiger partial charge is 0.396 e. The second kappa shape index (κ2) is 4.74. The average molecular weight is 240 g/mol. The van der Waals surface area contributed by atoms with Crippen LogP contribution in [0.5, 0.6) is 0 Å². The Hall–Kier alpha value is -1.23. The van der Waals surface area contributed by atoms with Gasteiger partial charge in [0.25, 0.3) is 5.91 Å². The number of thioether (sulfide) groups is 1. The van der Waals surface area contributed by atoms with E-state index in [2.05, 4.69) is 5.32 Å². The Morgan fingerprint density at radius 3 is 3.06 bits per heavy atom. The number of carbonyl (C=O) groups is 1. The zero-order valence-corrected chi connectivity index (χ0v) is 9.52. The number of benzene rings is 1. The number of para-hydroxylation sites is 1. The van der Waals surface area contributed by atoms with Gasteiger partial charge in [0.2, 0.25) is 0 Å². The Balaban J connectivity index is 2.11. The Labute approximate surface area is 97.6 Å². The first-order valence-corrected chi connectivity index (χ1v) is 6.26. The maximum Gasteiger partial charge on any atom is 0.253 e. The molecule has 1 aliphatic rings. The minimum Gasteiger partial charge on any atom is -0.396 e. The molecule has 1 unspecified atom stereocenters. The highest BCUT2D eigenvalue weighted by Gasteiger charge is 2.20. The van der Waals surface area contributed by atoms with Gasteiger partial charge in [-0.15, -0.1) is 0 Å². The fourth-order valence-corrected chi connectivity index (χ4v) is 2.80. The van der Waals surface area contributed by atoms with Gasteiger partial charge in [-0.2, -0.15) is 11.8 Å². The molecule has 0 aromatic heterocycles. The maximum absolute atomic E-state index is 13.1. The number of nitrogen functional groups attached to an aromatic ring is 1. The predicted octanol–water partition coefficient (Wildman–Crippen LogP) is 1.64. The summed E-state index contributed by atoms with van der Waals surface area (Å²) in [6, 6.07) is 4.46. The molecule has 1 aromatic rings. The van der Waals surface area contributed by atoms with E-state index >= 15 is 0 Å². The Bertz CT molecular complexity index is 405. The zero-order chi connectivity index (χ0) is 11.5. The lowest BCUT2D eigenvalue weighted by molar-refractivity contribution is 0.0941. The van der Waals surface area contributed by atoms with Gasteiger partial charge in [0.05, 0.1) is 11.3 Å². The van der Waals surface area contributed by atoms with Crippen LogP contribution in [0.25, 0.3) is 0 Å². The summed E-state index contributed by atoms with van der Waals surface area (Å²) in [4.78, 5) is 11.8. The molecule has 1 heterocycles. The fourth-order valence-electron chi connectivity index (χ4n) is 1.65. The molecule has 0 bridgehead atoms. The second-order valence-corrected chi connectivity index (χ2v) is 4.88. The Morgan fingerprint density at radius 1 is 1.56 bits per heavy atom. The van der Waals surface area contributed by atoms with Crippen molar-refractivity contribution in [1.29, 1.82) is 0 Å². The van der Waals surface area contributed by atoms with Crippen LogP contribution in [0.2, 0.25) is 0 Å². The van der Waals surface area contributed by atoms with Crippen LogP contribution in [-0.2, 0) is 0 Å². The van der Waals surface area contributed by atoms with E-state index in [1.165, 1.54) is 18.2 Å². The van der Waals surface area contributed by atoms with Crippen LogP contribution in [0.4, 0.5) is 10.1 Å². The highest BCUT2D eigenvalue weighted by molar-refractivity contribution is 7.99. The first-order chi connectivity index (χ1) is 7.68. The lowest BCUT2D eigenvalue weighted by atomic mass is 10.1. The molecule has 5 heteroatoms. The molecule has 1 aromatic carbocycles. The monoisotopic (exact) mass is 240 g/mol. The van der Waals surface area contributed by atoms with Gasteiger partial charge in [0.15, 0.2) is 0 Å². The molecule has 1 atom stereocenters. The van der Waals surface area contributed by atoms with Gasteiger partial charge in [-0.1, -0.05) is 6.07 Å². The van der Waals surface area contributed by atoms with Crippen LogP contribution in [0.1, 0.15) is 16.8 Å². The molecular formula is C11H13FN2OS. The predicted molar refractivity (Wildman–Crippen MR) is 64.0 cm³/mol. The summed E-state index contributed by atoms with van der Waals surface area (Å²) >= 11 is 1.81. The standard InChI is InChI=1S/C11H13FN2OS/c12-9-3-1-2-8(10(9)13)11(15)14-7-4-5-16-6-7/h1-3,7H,4-6,13H2,(H,14,15). The molecule has 1 fully saturated rings. The van der Waals surface area contributed by atoms with Crippen molar-refractivity contribution >= 4 is 23.4 Å². The number of rotatable bonds is 2. The first kappa shape index (κ1) is 11.3. The molecular weight excluding hydrogens is 227 g/mol. The van der Waals surface area contributed by atoms with Crippen molar-refractivity contribution in [2.45, 2.75) is 12.5 Å². The number of carbonyl (C=O) groups excluding carboxylic acids is 1. The molecule has 0 saturated carbocycles.